The topological polar surface area (TPSA) is 75.7 Å². The van der Waals surface area contributed by atoms with Gasteiger partial charge in [0.2, 0.25) is 0 Å². The molecule has 0 saturated heterocycles. The van der Waals surface area contributed by atoms with Gasteiger partial charge in [-0.3, -0.25) is 5.41 Å². The zero-order valence-corrected chi connectivity index (χ0v) is 10.5. The lowest BCUT2D eigenvalue weighted by molar-refractivity contribution is 0.464. The fourth-order valence-corrected chi connectivity index (χ4v) is 1.97. The molecule has 88 valence electrons. The number of hydrogen-bond acceptors (Lipinski definition) is 4. The van der Waals surface area contributed by atoms with Crippen molar-refractivity contribution in [2.24, 2.45) is 11.1 Å². The van der Waals surface area contributed by atoms with Gasteiger partial charge in [-0.1, -0.05) is 13.8 Å². The summed E-state index contributed by atoms with van der Waals surface area (Å²) in [6, 6.07) is 1.90. The van der Waals surface area contributed by atoms with Crippen LogP contribution in [0.2, 0.25) is 0 Å². The Morgan fingerprint density at radius 3 is 2.88 bits per heavy atom. The fourth-order valence-electron chi connectivity index (χ4n) is 1.19. The third-order valence-electron chi connectivity index (χ3n) is 2.48. The Bertz CT molecular complexity index is 337. The first-order chi connectivity index (χ1) is 7.52. The predicted octanol–water partition coefficient (Wildman–Crippen LogP) is 2.31. The Morgan fingerprint density at radius 2 is 2.31 bits per heavy atom. The number of rotatable bonds is 6. The van der Waals surface area contributed by atoms with Gasteiger partial charge in [0.15, 0.2) is 0 Å². The van der Waals surface area contributed by atoms with Gasteiger partial charge in [0, 0.05) is 11.6 Å². The molecule has 0 bridgehead atoms. The Balaban J connectivity index is 2.25. The van der Waals surface area contributed by atoms with E-state index in [0.717, 1.165) is 23.6 Å². The molecule has 0 unspecified atom stereocenters. The second kappa shape index (κ2) is 5.84. The van der Waals surface area contributed by atoms with E-state index in [4.69, 9.17) is 11.1 Å². The van der Waals surface area contributed by atoms with Crippen LogP contribution in [-0.2, 0) is 0 Å². The molecule has 1 aromatic rings. The summed E-state index contributed by atoms with van der Waals surface area (Å²) in [5, 5.41) is 8.44. The number of hydrogen-bond donors (Lipinski definition) is 2. The molecule has 0 fully saturated rings. The summed E-state index contributed by atoms with van der Waals surface area (Å²) in [6.07, 6.45) is 5.26. The summed E-state index contributed by atoms with van der Waals surface area (Å²) in [6.45, 7) is 4.01. The average Bonchev–Trinajstić information content (AvgIpc) is 2.26. The first-order valence-electron chi connectivity index (χ1n) is 5.26. The first-order valence-corrected chi connectivity index (χ1v) is 6.24. The highest BCUT2D eigenvalue weighted by atomic mass is 32.2. The van der Waals surface area contributed by atoms with E-state index in [9.17, 15) is 0 Å². The first kappa shape index (κ1) is 13.0. The van der Waals surface area contributed by atoms with E-state index in [1.54, 1.807) is 24.3 Å². The van der Waals surface area contributed by atoms with Crippen molar-refractivity contribution in [3.05, 3.63) is 18.6 Å². The Morgan fingerprint density at radius 1 is 1.56 bits per heavy atom. The van der Waals surface area contributed by atoms with E-state index in [2.05, 4.69) is 9.97 Å². The number of nitrogens with zero attached hydrogens (tertiary/aromatic N) is 2. The molecule has 16 heavy (non-hydrogen) atoms. The van der Waals surface area contributed by atoms with Crippen molar-refractivity contribution in [1.29, 1.82) is 5.41 Å². The van der Waals surface area contributed by atoms with Crippen molar-refractivity contribution >= 4 is 17.6 Å². The number of nitrogens with one attached hydrogen (secondary N) is 1. The Kier molecular flexibility index (Phi) is 4.73. The summed E-state index contributed by atoms with van der Waals surface area (Å²) < 4.78 is 0. The van der Waals surface area contributed by atoms with Crippen LogP contribution >= 0.6 is 11.8 Å². The standard InChI is InChI=1S/C11H18N4S/c1-11(2,10(12)13)5-3-7-16-9-4-6-14-8-15-9/h4,6,8H,3,5,7H2,1-2H3,(H3,12,13). The fraction of sp³-hybridized carbons (Fsp3) is 0.545. The molecule has 4 nitrogen and oxygen atoms in total. The Labute approximate surface area is 101 Å². The van der Waals surface area contributed by atoms with Crippen LogP contribution in [0.4, 0.5) is 0 Å². The highest BCUT2D eigenvalue weighted by Gasteiger charge is 2.20. The molecule has 1 aromatic heterocycles. The van der Waals surface area contributed by atoms with Crippen molar-refractivity contribution in [2.45, 2.75) is 31.7 Å². The van der Waals surface area contributed by atoms with Gasteiger partial charge in [0.05, 0.1) is 10.9 Å². The summed E-state index contributed by atoms with van der Waals surface area (Å²) >= 11 is 1.71. The van der Waals surface area contributed by atoms with E-state index in [1.165, 1.54) is 0 Å². The predicted molar refractivity (Wildman–Crippen MR) is 67.7 cm³/mol. The lowest BCUT2D eigenvalue weighted by Gasteiger charge is -2.22. The van der Waals surface area contributed by atoms with Crippen LogP contribution in [0.3, 0.4) is 0 Å². The maximum atomic E-state index is 7.45. The van der Waals surface area contributed by atoms with Crippen LogP contribution in [0.1, 0.15) is 26.7 Å². The van der Waals surface area contributed by atoms with Crippen LogP contribution in [0.25, 0.3) is 0 Å². The lowest BCUT2D eigenvalue weighted by Crippen LogP contribution is -2.30. The maximum absolute atomic E-state index is 7.45. The molecule has 0 atom stereocenters. The van der Waals surface area contributed by atoms with Gasteiger partial charge in [0.25, 0.3) is 0 Å². The normalized spacial score (nSPS) is 11.4. The molecule has 0 saturated carbocycles. The van der Waals surface area contributed by atoms with E-state index in [-0.39, 0.29) is 11.3 Å². The average molecular weight is 238 g/mol. The van der Waals surface area contributed by atoms with Crippen LogP contribution in [0, 0.1) is 10.8 Å². The molecular formula is C11H18N4S. The number of nitrogens with two attached hydrogens (primary N) is 1. The smallest absolute Gasteiger partial charge is 0.116 e. The SMILES string of the molecule is CC(C)(CCCSc1ccncn1)C(=N)N. The molecule has 0 aliphatic heterocycles. The van der Waals surface area contributed by atoms with E-state index in [1.807, 2.05) is 19.9 Å². The molecular weight excluding hydrogens is 220 g/mol. The summed E-state index contributed by atoms with van der Waals surface area (Å²) in [4.78, 5) is 8.00. The third kappa shape index (κ3) is 4.18. The van der Waals surface area contributed by atoms with Crippen molar-refractivity contribution in [3.63, 3.8) is 0 Å². The quantitative estimate of drug-likeness (QED) is 0.262. The number of thioether (sulfide) groups is 1. The van der Waals surface area contributed by atoms with Crippen molar-refractivity contribution in [1.82, 2.24) is 9.97 Å². The molecule has 0 amide bonds. The van der Waals surface area contributed by atoms with Crippen molar-refractivity contribution in [2.75, 3.05) is 5.75 Å². The second-order valence-electron chi connectivity index (χ2n) is 4.30. The molecule has 0 aliphatic carbocycles. The zero-order chi connectivity index (χ0) is 12.0. The highest BCUT2D eigenvalue weighted by molar-refractivity contribution is 7.99. The molecule has 0 aliphatic rings. The third-order valence-corrected chi connectivity index (χ3v) is 3.51. The van der Waals surface area contributed by atoms with Gasteiger partial charge >= 0.3 is 0 Å². The molecule has 0 radical (unpaired) electrons. The minimum atomic E-state index is -0.188. The van der Waals surface area contributed by atoms with Gasteiger partial charge in [-0.2, -0.15) is 0 Å². The minimum absolute atomic E-state index is 0.188. The van der Waals surface area contributed by atoms with Crippen molar-refractivity contribution < 1.29 is 0 Å². The molecule has 0 spiro atoms. The van der Waals surface area contributed by atoms with Crippen molar-refractivity contribution in [3.8, 4) is 0 Å². The number of aromatic nitrogens is 2. The van der Waals surface area contributed by atoms with Gasteiger partial charge in [0.1, 0.15) is 6.33 Å². The van der Waals surface area contributed by atoms with Crippen LogP contribution in [-0.4, -0.2) is 21.6 Å². The summed E-state index contributed by atoms with van der Waals surface area (Å²) in [5.74, 6) is 1.26. The largest absolute Gasteiger partial charge is 0.387 e. The summed E-state index contributed by atoms with van der Waals surface area (Å²) in [5.41, 5.74) is 5.33. The van der Waals surface area contributed by atoms with Gasteiger partial charge < -0.3 is 5.73 Å². The van der Waals surface area contributed by atoms with E-state index in [0.29, 0.717) is 0 Å². The molecule has 1 rings (SSSR count). The minimum Gasteiger partial charge on any atom is -0.387 e. The van der Waals surface area contributed by atoms with Crippen LogP contribution in [0.15, 0.2) is 23.6 Å². The van der Waals surface area contributed by atoms with Crippen LogP contribution in [0.5, 0.6) is 0 Å². The Hall–Kier alpha value is -1.10. The highest BCUT2D eigenvalue weighted by Crippen LogP contribution is 2.24. The molecule has 0 aromatic carbocycles. The second-order valence-corrected chi connectivity index (χ2v) is 5.41. The van der Waals surface area contributed by atoms with E-state index >= 15 is 0 Å². The van der Waals surface area contributed by atoms with Crippen LogP contribution < -0.4 is 5.73 Å². The van der Waals surface area contributed by atoms with Gasteiger partial charge in [-0.25, -0.2) is 9.97 Å². The molecule has 5 heteroatoms. The maximum Gasteiger partial charge on any atom is 0.116 e. The monoisotopic (exact) mass is 238 g/mol. The van der Waals surface area contributed by atoms with E-state index < -0.39 is 0 Å². The molecule has 1 heterocycles. The number of amidine groups is 1. The van der Waals surface area contributed by atoms with Gasteiger partial charge in [-0.15, -0.1) is 11.8 Å². The van der Waals surface area contributed by atoms with Gasteiger partial charge in [-0.05, 0) is 24.7 Å². The lowest BCUT2D eigenvalue weighted by atomic mass is 9.87. The molecule has 3 N–H and O–H groups in total. The zero-order valence-electron chi connectivity index (χ0n) is 9.73. The summed E-state index contributed by atoms with van der Waals surface area (Å²) in [7, 11) is 0.